The first kappa shape index (κ1) is 16.5. The number of benzene rings is 1. The lowest BCUT2D eigenvalue weighted by atomic mass is 9.96. The smallest absolute Gasteiger partial charge is 0.122 e. The van der Waals surface area contributed by atoms with Gasteiger partial charge in [-0.25, -0.2) is 0 Å². The molecule has 0 saturated heterocycles. The van der Waals surface area contributed by atoms with Crippen LogP contribution in [-0.2, 0) is 6.42 Å². The molecule has 108 valence electrons. The minimum atomic E-state index is 0.546. The first-order valence-corrected chi connectivity index (χ1v) is 7.61. The van der Waals surface area contributed by atoms with Crippen LogP contribution < -0.4 is 15.8 Å². The second kappa shape index (κ2) is 8.56. The predicted molar refractivity (Wildman–Crippen MR) is 84.7 cm³/mol. The Morgan fingerprint density at radius 3 is 2.68 bits per heavy atom. The minimum Gasteiger partial charge on any atom is -0.496 e. The first-order chi connectivity index (χ1) is 9.08. The number of rotatable bonds is 8. The summed E-state index contributed by atoms with van der Waals surface area (Å²) in [6, 6.07) is 6.11. The highest BCUT2D eigenvalue weighted by atomic mass is 79.9. The lowest BCUT2D eigenvalue weighted by Crippen LogP contribution is -2.32. The van der Waals surface area contributed by atoms with E-state index in [4.69, 9.17) is 10.5 Å². The van der Waals surface area contributed by atoms with Gasteiger partial charge in [-0.1, -0.05) is 29.8 Å². The van der Waals surface area contributed by atoms with Gasteiger partial charge in [-0.2, -0.15) is 0 Å². The molecule has 1 rings (SSSR count). The van der Waals surface area contributed by atoms with Gasteiger partial charge in [0, 0.05) is 4.47 Å². The Balaban J connectivity index is 2.42. The summed E-state index contributed by atoms with van der Waals surface area (Å²) in [5.41, 5.74) is 6.99. The summed E-state index contributed by atoms with van der Waals surface area (Å²) >= 11 is 3.50. The van der Waals surface area contributed by atoms with Gasteiger partial charge in [-0.3, -0.25) is 0 Å². The molecule has 0 fully saturated rings. The SMILES string of the molecule is COc1ccc(Br)cc1CCNCC(CN)C(C)C. The van der Waals surface area contributed by atoms with E-state index in [0.29, 0.717) is 11.8 Å². The Morgan fingerprint density at radius 1 is 1.37 bits per heavy atom. The number of halogens is 1. The summed E-state index contributed by atoms with van der Waals surface area (Å²) in [5.74, 6) is 2.12. The number of nitrogens with one attached hydrogen (secondary N) is 1. The topological polar surface area (TPSA) is 47.3 Å². The molecule has 1 unspecified atom stereocenters. The third kappa shape index (κ3) is 5.51. The van der Waals surface area contributed by atoms with Crippen LogP contribution in [-0.4, -0.2) is 26.7 Å². The van der Waals surface area contributed by atoms with Gasteiger partial charge in [0.1, 0.15) is 5.75 Å². The summed E-state index contributed by atoms with van der Waals surface area (Å²) in [4.78, 5) is 0. The first-order valence-electron chi connectivity index (χ1n) is 6.81. The molecule has 1 aromatic carbocycles. The zero-order valence-corrected chi connectivity index (χ0v) is 13.7. The van der Waals surface area contributed by atoms with E-state index in [9.17, 15) is 0 Å². The normalized spacial score (nSPS) is 12.7. The van der Waals surface area contributed by atoms with Crippen LogP contribution in [0.15, 0.2) is 22.7 Å². The summed E-state index contributed by atoms with van der Waals surface area (Å²) in [5, 5.41) is 3.49. The van der Waals surface area contributed by atoms with Crippen LogP contribution in [0.5, 0.6) is 5.75 Å². The average Bonchev–Trinajstić information content (AvgIpc) is 2.38. The Morgan fingerprint density at radius 2 is 2.11 bits per heavy atom. The van der Waals surface area contributed by atoms with Gasteiger partial charge in [0.2, 0.25) is 0 Å². The Bertz CT molecular complexity index is 382. The molecule has 3 nitrogen and oxygen atoms in total. The van der Waals surface area contributed by atoms with E-state index >= 15 is 0 Å². The molecule has 0 bridgehead atoms. The van der Waals surface area contributed by atoms with Crippen LogP contribution in [0.2, 0.25) is 0 Å². The lowest BCUT2D eigenvalue weighted by molar-refractivity contribution is 0.371. The van der Waals surface area contributed by atoms with Crippen LogP contribution in [0.4, 0.5) is 0 Å². The van der Waals surface area contributed by atoms with Gasteiger partial charge in [0.25, 0.3) is 0 Å². The zero-order valence-electron chi connectivity index (χ0n) is 12.1. The van der Waals surface area contributed by atoms with Gasteiger partial charge in [0.15, 0.2) is 0 Å². The second-order valence-corrected chi connectivity index (χ2v) is 6.07. The standard InChI is InChI=1S/C15H25BrN2O/c1-11(2)13(9-17)10-18-7-6-12-8-14(16)4-5-15(12)19-3/h4-5,8,11,13,18H,6-7,9-10,17H2,1-3H3. The molecular formula is C15H25BrN2O. The zero-order chi connectivity index (χ0) is 14.3. The minimum absolute atomic E-state index is 0.546. The number of methoxy groups -OCH3 is 1. The third-order valence-electron chi connectivity index (χ3n) is 3.47. The van der Waals surface area contributed by atoms with Crippen LogP contribution >= 0.6 is 15.9 Å². The molecule has 0 saturated carbocycles. The van der Waals surface area contributed by atoms with Crippen molar-refractivity contribution >= 4 is 15.9 Å². The van der Waals surface area contributed by atoms with Crippen LogP contribution in [0.3, 0.4) is 0 Å². The van der Waals surface area contributed by atoms with Gasteiger partial charge in [-0.15, -0.1) is 0 Å². The summed E-state index contributed by atoms with van der Waals surface area (Å²) in [7, 11) is 1.71. The molecule has 1 aromatic rings. The maximum absolute atomic E-state index is 5.77. The van der Waals surface area contributed by atoms with E-state index < -0.39 is 0 Å². The van der Waals surface area contributed by atoms with Crippen molar-refractivity contribution in [2.24, 2.45) is 17.6 Å². The van der Waals surface area contributed by atoms with Crippen molar-refractivity contribution in [1.29, 1.82) is 0 Å². The van der Waals surface area contributed by atoms with Crippen molar-refractivity contribution in [1.82, 2.24) is 5.32 Å². The molecule has 0 aliphatic heterocycles. The Kier molecular flexibility index (Phi) is 7.42. The highest BCUT2D eigenvalue weighted by Gasteiger charge is 2.10. The van der Waals surface area contributed by atoms with Crippen molar-refractivity contribution in [3.63, 3.8) is 0 Å². The monoisotopic (exact) mass is 328 g/mol. The molecule has 0 aromatic heterocycles. The fourth-order valence-corrected chi connectivity index (χ4v) is 2.45. The van der Waals surface area contributed by atoms with E-state index in [-0.39, 0.29) is 0 Å². The summed E-state index contributed by atoms with van der Waals surface area (Å²) in [6.45, 7) is 7.10. The second-order valence-electron chi connectivity index (χ2n) is 5.15. The molecule has 0 spiro atoms. The van der Waals surface area contributed by atoms with E-state index in [1.165, 1.54) is 5.56 Å². The highest BCUT2D eigenvalue weighted by Crippen LogP contribution is 2.23. The van der Waals surface area contributed by atoms with Crippen molar-refractivity contribution < 1.29 is 4.74 Å². The quantitative estimate of drug-likeness (QED) is 0.721. The van der Waals surface area contributed by atoms with Crippen molar-refractivity contribution in [2.45, 2.75) is 20.3 Å². The number of ether oxygens (including phenoxy) is 1. The highest BCUT2D eigenvalue weighted by molar-refractivity contribution is 9.10. The molecule has 0 aliphatic rings. The predicted octanol–water partition coefficient (Wildman–Crippen LogP) is 2.82. The van der Waals surface area contributed by atoms with Crippen molar-refractivity contribution in [3.05, 3.63) is 28.2 Å². The van der Waals surface area contributed by atoms with Gasteiger partial charge >= 0.3 is 0 Å². The van der Waals surface area contributed by atoms with Gasteiger partial charge < -0.3 is 15.8 Å². The molecular weight excluding hydrogens is 304 g/mol. The molecule has 0 amide bonds. The molecule has 0 heterocycles. The summed E-state index contributed by atoms with van der Waals surface area (Å²) in [6.07, 6.45) is 0.956. The third-order valence-corrected chi connectivity index (χ3v) is 3.96. The number of hydrogen-bond acceptors (Lipinski definition) is 3. The van der Waals surface area contributed by atoms with Crippen molar-refractivity contribution in [3.8, 4) is 5.75 Å². The fourth-order valence-electron chi connectivity index (χ4n) is 2.04. The molecule has 0 radical (unpaired) electrons. The lowest BCUT2D eigenvalue weighted by Gasteiger charge is -2.19. The van der Waals surface area contributed by atoms with Crippen LogP contribution in [0.1, 0.15) is 19.4 Å². The average molecular weight is 329 g/mol. The number of nitrogens with two attached hydrogens (primary N) is 1. The van der Waals surface area contributed by atoms with E-state index in [2.05, 4.69) is 41.2 Å². The molecule has 3 N–H and O–H groups in total. The maximum Gasteiger partial charge on any atom is 0.122 e. The molecule has 4 heteroatoms. The Labute approximate surface area is 125 Å². The number of hydrogen-bond donors (Lipinski definition) is 2. The van der Waals surface area contributed by atoms with Gasteiger partial charge in [0.05, 0.1) is 7.11 Å². The van der Waals surface area contributed by atoms with E-state index in [0.717, 1.165) is 36.3 Å². The Hall–Kier alpha value is -0.580. The fraction of sp³-hybridized carbons (Fsp3) is 0.600. The van der Waals surface area contributed by atoms with Crippen molar-refractivity contribution in [2.75, 3.05) is 26.7 Å². The molecule has 0 aliphatic carbocycles. The molecule has 19 heavy (non-hydrogen) atoms. The van der Waals surface area contributed by atoms with Gasteiger partial charge in [-0.05, 0) is 61.7 Å². The van der Waals surface area contributed by atoms with E-state index in [1.807, 2.05) is 12.1 Å². The maximum atomic E-state index is 5.77. The largest absolute Gasteiger partial charge is 0.496 e. The van der Waals surface area contributed by atoms with Crippen LogP contribution in [0, 0.1) is 11.8 Å². The summed E-state index contributed by atoms with van der Waals surface area (Å²) < 4.78 is 6.46. The van der Waals surface area contributed by atoms with Crippen LogP contribution in [0.25, 0.3) is 0 Å². The van der Waals surface area contributed by atoms with E-state index in [1.54, 1.807) is 7.11 Å². The molecule has 1 atom stereocenters.